The number of aliphatic hydroxyl groups is 1. The van der Waals surface area contributed by atoms with Crippen LogP contribution in [-0.2, 0) is 12.8 Å². The first-order valence-electron chi connectivity index (χ1n) is 8.39. The van der Waals surface area contributed by atoms with Crippen molar-refractivity contribution < 1.29 is 10.2 Å². The molecule has 2 unspecified atom stereocenters. The molecule has 2 aromatic carbocycles. The van der Waals surface area contributed by atoms with E-state index in [1.807, 2.05) is 36.4 Å². The molecule has 1 aromatic heterocycles. The Morgan fingerprint density at radius 1 is 1.16 bits per heavy atom. The Bertz CT molecular complexity index is 945. The van der Waals surface area contributed by atoms with E-state index >= 15 is 0 Å². The Balaban J connectivity index is 1.61. The van der Waals surface area contributed by atoms with Crippen LogP contribution < -0.4 is 4.87 Å². The number of rotatable bonds is 3. The minimum Gasteiger partial charge on any atom is -0.493 e. The first-order chi connectivity index (χ1) is 12.1. The van der Waals surface area contributed by atoms with Crippen molar-refractivity contribution in [2.24, 2.45) is 5.92 Å². The molecule has 0 radical (unpaired) electrons. The molecule has 0 amide bonds. The van der Waals surface area contributed by atoms with Gasteiger partial charge < -0.3 is 10.2 Å². The Kier molecular flexibility index (Phi) is 4.19. The maximum Gasteiger partial charge on any atom is 0.307 e. The normalized spacial score (nSPS) is 19.6. The van der Waals surface area contributed by atoms with Crippen LogP contribution in [0.25, 0.3) is 10.4 Å². The van der Waals surface area contributed by atoms with Gasteiger partial charge in [-0.15, -0.1) is 0 Å². The summed E-state index contributed by atoms with van der Waals surface area (Å²) in [5.41, 5.74) is 4.11. The summed E-state index contributed by atoms with van der Waals surface area (Å²) < 4.78 is 0. The second kappa shape index (κ2) is 6.50. The van der Waals surface area contributed by atoms with Gasteiger partial charge in [0.2, 0.25) is 5.88 Å². The Morgan fingerprint density at radius 2 is 1.96 bits per heavy atom. The molecular weight excluding hydrogens is 334 g/mol. The number of thiazole rings is 1. The maximum absolute atomic E-state index is 11.4. The van der Waals surface area contributed by atoms with E-state index in [1.54, 1.807) is 0 Å². The second-order valence-electron chi connectivity index (χ2n) is 6.54. The number of aromatic nitrogens is 1. The van der Waals surface area contributed by atoms with E-state index in [4.69, 9.17) is 0 Å². The summed E-state index contributed by atoms with van der Waals surface area (Å²) in [6.45, 7) is 0. The summed E-state index contributed by atoms with van der Waals surface area (Å²) >= 11 is 0.998. The number of H-pyrrole nitrogens is 1. The van der Waals surface area contributed by atoms with Gasteiger partial charge in [0.05, 0.1) is 11.0 Å². The lowest BCUT2D eigenvalue weighted by Gasteiger charge is -2.30. The third-order valence-electron chi connectivity index (χ3n) is 4.93. The molecule has 1 heterocycles. The minimum absolute atomic E-state index is 0.0896. The minimum atomic E-state index is -0.489. The predicted molar refractivity (Wildman–Crippen MR) is 99.0 cm³/mol. The van der Waals surface area contributed by atoms with Crippen LogP contribution in [0.3, 0.4) is 0 Å². The molecule has 4 rings (SSSR count). The highest BCUT2D eigenvalue weighted by Gasteiger charge is 2.28. The molecule has 5 heteroatoms. The van der Waals surface area contributed by atoms with Crippen LogP contribution >= 0.6 is 11.3 Å². The Hall–Kier alpha value is -2.37. The Morgan fingerprint density at radius 3 is 2.68 bits per heavy atom. The predicted octanol–water partition coefficient (Wildman–Crippen LogP) is 3.65. The van der Waals surface area contributed by atoms with Crippen molar-refractivity contribution in [3.63, 3.8) is 0 Å². The van der Waals surface area contributed by atoms with Gasteiger partial charge in [0.25, 0.3) is 0 Å². The number of hydrogen-bond donors (Lipinski definition) is 3. The van der Waals surface area contributed by atoms with Gasteiger partial charge in [0.15, 0.2) is 0 Å². The molecule has 1 aliphatic rings. The number of fused-ring (bicyclic) bond motifs is 1. The molecule has 0 fully saturated rings. The molecule has 128 valence electrons. The van der Waals surface area contributed by atoms with Gasteiger partial charge >= 0.3 is 4.87 Å². The van der Waals surface area contributed by atoms with Gasteiger partial charge in [-0.1, -0.05) is 53.8 Å². The summed E-state index contributed by atoms with van der Waals surface area (Å²) in [7, 11) is 0. The number of aryl methyl sites for hydroxylation is 1. The number of benzene rings is 2. The van der Waals surface area contributed by atoms with Gasteiger partial charge in [0.1, 0.15) is 0 Å². The van der Waals surface area contributed by atoms with Crippen molar-refractivity contribution in [1.29, 1.82) is 0 Å². The average molecular weight is 353 g/mol. The number of aromatic amines is 1. The molecule has 3 aromatic rings. The van der Waals surface area contributed by atoms with E-state index in [-0.39, 0.29) is 16.7 Å². The van der Waals surface area contributed by atoms with E-state index < -0.39 is 6.10 Å². The quantitative estimate of drug-likeness (QED) is 0.673. The zero-order valence-corrected chi connectivity index (χ0v) is 14.4. The molecule has 0 saturated carbocycles. The van der Waals surface area contributed by atoms with E-state index in [1.165, 1.54) is 5.56 Å². The van der Waals surface area contributed by atoms with Crippen molar-refractivity contribution in [1.82, 2.24) is 4.98 Å². The highest BCUT2D eigenvalue weighted by Crippen LogP contribution is 2.39. The fourth-order valence-corrected chi connectivity index (χ4v) is 4.38. The van der Waals surface area contributed by atoms with Gasteiger partial charge in [-0.25, -0.2) is 0 Å². The van der Waals surface area contributed by atoms with E-state index in [9.17, 15) is 15.0 Å². The zero-order valence-electron chi connectivity index (χ0n) is 13.6. The number of nitrogens with one attached hydrogen (secondary N) is 1. The highest BCUT2D eigenvalue weighted by atomic mass is 32.1. The fourth-order valence-electron chi connectivity index (χ4n) is 3.65. The first kappa shape index (κ1) is 16.1. The van der Waals surface area contributed by atoms with Crippen LogP contribution in [0.4, 0.5) is 0 Å². The molecule has 0 bridgehead atoms. The maximum atomic E-state index is 11.4. The van der Waals surface area contributed by atoms with Gasteiger partial charge in [-0.05, 0) is 53.5 Å². The molecule has 2 atom stereocenters. The first-order valence-corrected chi connectivity index (χ1v) is 9.21. The molecule has 0 aliphatic heterocycles. The van der Waals surface area contributed by atoms with Crippen molar-refractivity contribution in [3.8, 4) is 16.3 Å². The SMILES string of the molecule is O=c1[nH]c(O)c(-c2ccc3c(c2)CCC(Cc2ccccc2)C3O)s1. The average Bonchev–Trinajstić information content (AvgIpc) is 2.96. The van der Waals surface area contributed by atoms with Crippen LogP contribution in [0, 0.1) is 5.92 Å². The summed E-state index contributed by atoms with van der Waals surface area (Å²) in [4.78, 5) is 14.1. The van der Waals surface area contributed by atoms with E-state index in [2.05, 4.69) is 17.1 Å². The van der Waals surface area contributed by atoms with Crippen molar-refractivity contribution in [2.45, 2.75) is 25.4 Å². The lowest BCUT2D eigenvalue weighted by atomic mass is 9.78. The van der Waals surface area contributed by atoms with Crippen LogP contribution in [0.15, 0.2) is 53.3 Å². The number of aliphatic hydroxyl groups excluding tert-OH is 1. The largest absolute Gasteiger partial charge is 0.493 e. The van der Waals surface area contributed by atoms with Gasteiger partial charge in [-0.2, -0.15) is 0 Å². The molecule has 0 spiro atoms. The molecule has 1 aliphatic carbocycles. The summed E-state index contributed by atoms with van der Waals surface area (Å²) in [5.74, 6) is 0.116. The van der Waals surface area contributed by atoms with Gasteiger partial charge in [-0.3, -0.25) is 9.78 Å². The van der Waals surface area contributed by atoms with Crippen LogP contribution in [0.1, 0.15) is 29.2 Å². The van der Waals surface area contributed by atoms with E-state index in [0.29, 0.717) is 4.88 Å². The second-order valence-corrected chi connectivity index (χ2v) is 7.52. The summed E-state index contributed by atoms with van der Waals surface area (Å²) in [6, 6.07) is 16.0. The number of hydrogen-bond acceptors (Lipinski definition) is 4. The van der Waals surface area contributed by atoms with Crippen molar-refractivity contribution in [3.05, 3.63) is 74.9 Å². The monoisotopic (exact) mass is 353 g/mol. The highest BCUT2D eigenvalue weighted by molar-refractivity contribution is 7.13. The smallest absolute Gasteiger partial charge is 0.307 e. The van der Waals surface area contributed by atoms with Gasteiger partial charge in [0, 0.05) is 0 Å². The third-order valence-corrected chi connectivity index (χ3v) is 5.85. The molecule has 3 N–H and O–H groups in total. The fraction of sp³-hybridized carbons (Fsp3) is 0.250. The topological polar surface area (TPSA) is 73.3 Å². The zero-order chi connectivity index (χ0) is 17.4. The van der Waals surface area contributed by atoms with Crippen molar-refractivity contribution >= 4 is 11.3 Å². The van der Waals surface area contributed by atoms with E-state index in [0.717, 1.165) is 47.3 Å². The lowest BCUT2D eigenvalue weighted by molar-refractivity contribution is 0.0937. The molecular formula is C20H19NO3S. The number of aromatic hydroxyl groups is 1. The summed E-state index contributed by atoms with van der Waals surface area (Å²) in [5, 5.41) is 20.7. The molecule has 4 nitrogen and oxygen atoms in total. The molecule has 25 heavy (non-hydrogen) atoms. The molecule has 0 saturated heterocycles. The third kappa shape index (κ3) is 3.13. The Labute approximate surface area is 149 Å². The van der Waals surface area contributed by atoms with Crippen LogP contribution in [0.5, 0.6) is 5.88 Å². The summed E-state index contributed by atoms with van der Waals surface area (Å²) in [6.07, 6.45) is 2.18. The standard InChI is InChI=1S/C20H19NO3S/c22-17-14(10-12-4-2-1-3-5-12)7-6-13-11-15(8-9-16(13)17)18-19(23)21-20(24)25-18/h1-5,8-9,11,14,17,22-23H,6-7,10H2,(H,21,24). The van der Waals surface area contributed by atoms with Crippen LogP contribution in [-0.4, -0.2) is 15.2 Å². The van der Waals surface area contributed by atoms with Crippen LogP contribution in [0.2, 0.25) is 0 Å². The van der Waals surface area contributed by atoms with Crippen molar-refractivity contribution in [2.75, 3.05) is 0 Å². The lowest BCUT2D eigenvalue weighted by Crippen LogP contribution is -2.22.